The minimum atomic E-state index is -0.344. The predicted molar refractivity (Wildman–Crippen MR) is 129 cm³/mol. The molecular formula is C27H26FN5O. The predicted octanol–water partition coefficient (Wildman–Crippen LogP) is 5.10. The maximum Gasteiger partial charge on any atom is 0.252 e. The molecule has 1 atom stereocenters. The fourth-order valence-electron chi connectivity index (χ4n) is 4.68. The molecule has 0 spiro atoms. The van der Waals surface area contributed by atoms with Crippen LogP contribution in [-0.4, -0.2) is 25.7 Å². The van der Waals surface area contributed by atoms with Gasteiger partial charge >= 0.3 is 0 Å². The Kier molecular flexibility index (Phi) is 5.48. The average molecular weight is 456 g/mol. The van der Waals surface area contributed by atoms with E-state index in [2.05, 4.69) is 34.2 Å². The molecule has 6 nitrogen and oxygen atoms in total. The third-order valence-electron chi connectivity index (χ3n) is 6.29. The first kappa shape index (κ1) is 21.9. The molecule has 7 heteroatoms. The summed E-state index contributed by atoms with van der Waals surface area (Å²) in [6, 6.07) is 16.7. The SMILES string of the molecule is Cc1ccc(C2CC(=O)N(Cc3ccccc3F)c3c2c(C)nn3-c2nc(C)cc(C)n2)cc1. The maximum atomic E-state index is 14.6. The summed E-state index contributed by atoms with van der Waals surface area (Å²) in [6.07, 6.45) is 0.282. The van der Waals surface area contributed by atoms with E-state index in [0.29, 0.717) is 17.3 Å². The highest BCUT2D eigenvalue weighted by Gasteiger charge is 2.38. The lowest BCUT2D eigenvalue weighted by Gasteiger charge is -2.33. The number of fused-ring (bicyclic) bond motifs is 1. The summed E-state index contributed by atoms with van der Waals surface area (Å²) in [5.41, 5.74) is 6.02. The Morgan fingerprint density at radius 1 is 0.971 bits per heavy atom. The summed E-state index contributed by atoms with van der Waals surface area (Å²) >= 11 is 0. The Bertz CT molecular complexity index is 1370. The average Bonchev–Trinajstić information content (AvgIpc) is 3.14. The number of carbonyl (C=O) groups excluding carboxylic acids is 1. The summed E-state index contributed by atoms with van der Waals surface area (Å²) < 4.78 is 16.2. The van der Waals surface area contributed by atoms with Crippen LogP contribution in [0.4, 0.5) is 10.2 Å². The van der Waals surface area contributed by atoms with Crippen molar-refractivity contribution in [2.45, 2.75) is 46.6 Å². The van der Waals surface area contributed by atoms with Crippen LogP contribution in [0.1, 0.15) is 51.7 Å². The number of rotatable bonds is 4. The molecule has 0 N–H and O–H groups in total. The van der Waals surface area contributed by atoms with E-state index in [1.807, 2.05) is 33.8 Å². The van der Waals surface area contributed by atoms with E-state index in [1.54, 1.807) is 27.8 Å². The van der Waals surface area contributed by atoms with Gasteiger partial charge in [0.2, 0.25) is 5.91 Å². The summed E-state index contributed by atoms with van der Waals surface area (Å²) in [5.74, 6) is 0.416. The van der Waals surface area contributed by atoms with Crippen molar-refractivity contribution in [1.29, 1.82) is 0 Å². The number of amides is 1. The second kappa shape index (κ2) is 8.48. The smallest absolute Gasteiger partial charge is 0.252 e. The molecule has 34 heavy (non-hydrogen) atoms. The Morgan fingerprint density at radius 3 is 2.32 bits per heavy atom. The molecule has 0 fully saturated rings. The molecule has 1 aliphatic heterocycles. The van der Waals surface area contributed by atoms with Gasteiger partial charge in [-0.3, -0.25) is 9.69 Å². The molecule has 0 bridgehead atoms. The number of hydrogen-bond acceptors (Lipinski definition) is 4. The highest BCUT2D eigenvalue weighted by molar-refractivity contribution is 5.97. The van der Waals surface area contributed by atoms with Crippen molar-refractivity contribution in [2.75, 3.05) is 4.90 Å². The van der Waals surface area contributed by atoms with E-state index in [4.69, 9.17) is 5.10 Å². The van der Waals surface area contributed by atoms with Gasteiger partial charge in [0.15, 0.2) is 0 Å². The van der Waals surface area contributed by atoms with Crippen molar-refractivity contribution in [3.8, 4) is 5.95 Å². The molecule has 1 unspecified atom stereocenters. The van der Waals surface area contributed by atoms with Crippen LogP contribution in [0.25, 0.3) is 5.95 Å². The minimum absolute atomic E-state index is 0.0909. The zero-order valence-corrected chi connectivity index (χ0v) is 19.7. The van der Waals surface area contributed by atoms with Gasteiger partial charge in [0, 0.05) is 34.9 Å². The molecule has 4 aromatic rings. The number of aromatic nitrogens is 4. The van der Waals surface area contributed by atoms with E-state index in [1.165, 1.54) is 6.07 Å². The molecule has 0 saturated heterocycles. The van der Waals surface area contributed by atoms with Crippen molar-refractivity contribution in [3.63, 3.8) is 0 Å². The van der Waals surface area contributed by atoms with Crippen LogP contribution in [0.2, 0.25) is 0 Å². The minimum Gasteiger partial charge on any atom is -0.292 e. The lowest BCUT2D eigenvalue weighted by atomic mass is 9.84. The number of nitrogens with zero attached hydrogens (tertiary/aromatic N) is 5. The topological polar surface area (TPSA) is 63.9 Å². The molecule has 3 heterocycles. The van der Waals surface area contributed by atoms with Gasteiger partial charge in [-0.15, -0.1) is 0 Å². The summed E-state index contributed by atoms with van der Waals surface area (Å²) in [6.45, 7) is 7.89. The van der Waals surface area contributed by atoms with Gasteiger partial charge in [-0.1, -0.05) is 48.0 Å². The van der Waals surface area contributed by atoms with E-state index in [9.17, 15) is 9.18 Å². The third kappa shape index (κ3) is 3.87. The van der Waals surface area contributed by atoms with E-state index in [-0.39, 0.29) is 30.6 Å². The number of carbonyl (C=O) groups is 1. The van der Waals surface area contributed by atoms with Gasteiger partial charge in [0.1, 0.15) is 11.6 Å². The zero-order valence-electron chi connectivity index (χ0n) is 19.7. The second-order valence-corrected chi connectivity index (χ2v) is 8.92. The van der Waals surface area contributed by atoms with E-state index >= 15 is 0 Å². The van der Waals surface area contributed by atoms with Crippen LogP contribution in [0.15, 0.2) is 54.6 Å². The quantitative estimate of drug-likeness (QED) is 0.429. The summed E-state index contributed by atoms with van der Waals surface area (Å²) in [7, 11) is 0. The summed E-state index contributed by atoms with van der Waals surface area (Å²) in [4.78, 5) is 24.4. The fourth-order valence-corrected chi connectivity index (χ4v) is 4.68. The van der Waals surface area contributed by atoms with E-state index in [0.717, 1.165) is 33.8 Å². The first-order valence-electron chi connectivity index (χ1n) is 11.3. The Morgan fingerprint density at radius 2 is 1.65 bits per heavy atom. The number of hydrogen-bond donors (Lipinski definition) is 0. The van der Waals surface area contributed by atoms with Gasteiger partial charge in [-0.25, -0.2) is 14.4 Å². The molecule has 1 amide bonds. The standard InChI is InChI=1S/C27H26FN5O/c1-16-9-11-20(12-10-16)22-14-24(34)32(15-21-7-5-6-8-23(21)28)26-25(22)19(4)31-33(26)27-29-17(2)13-18(3)30-27/h5-13,22H,14-15H2,1-4H3. The molecule has 0 radical (unpaired) electrons. The molecular weight excluding hydrogens is 429 g/mol. The van der Waals surface area contributed by atoms with Crippen molar-refractivity contribution >= 4 is 11.7 Å². The summed E-state index contributed by atoms with van der Waals surface area (Å²) in [5, 5.41) is 4.79. The van der Waals surface area contributed by atoms with Crippen LogP contribution in [0.3, 0.4) is 0 Å². The van der Waals surface area contributed by atoms with Crippen LogP contribution in [0.5, 0.6) is 0 Å². The number of halogens is 1. The molecule has 1 aliphatic rings. The van der Waals surface area contributed by atoms with Gasteiger partial charge in [0.05, 0.1) is 12.2 Å². The normalized spacial score (nSPS) is 15.5. The fraction of sp³-hybridized carbons (Fsp3) is 0.259. The molecule has 0 saturated carbocycles. The van der Waals surface area contributed by atoms with E-state index < -0.39 is 0 Å². The Balaban J connectivity index is 1.72. The number of aryl methyl sites for hydroxylation is 4. The molecule has 2 aromatic carbocycles. The van der Waals surface area contributed by atoms with Gasteiger partial charge < -0.3 is 0 Å². The lowest BCUT2D eigenvalue weighted by Crippen LogP contribution is -2.38. The highest BCUT2D eigenvalue weighted by atomic mass is 19.1. The molecule has 5 rings (SSSR count). The number of anilines is 1. The van der Waals surface area contributed by atoms with Crippen molar-refractivity contribution < 1.29 is 9.18 Å². The van der Waals surface area contributed by atoms with Crippen molar-refractivity contribution in [2.24, 2.45) is 0 Å². The Labute approximate surface area is 198 Å². The monoisotopic (exact) mass is 455 g/mol. The third-order valence-corrected chi connectivity index (χ3v) is 6.29. The van der Waals surface area contributed by atoms with Crippen LogP contribution in [0, 0.1) is 33.5 Å². The van der Waals surface area contributed by atoms with Crippen LogP contribution in [-0.2, 0) is 11.3 Å². The van der Waals surface area contributed by atoms with Crippen LogP contribution < -0.4 is 4.90 Å². The lowest BCUT2D eigenvalue weighted by molar-refractivity contribution is -0.119. The first-order chi connectivity index (χ1) is 16.3. The second-order valence-electron chi connectivity index (χ2n) is 8.92. The van der Waals surface area contributed by atoms with Crippen molar-refractivity contribution in [3.05, 3.63) is 99.8 Å². The Hall–Kier alpha value is -3.87. The van der Waals surface area contributed by atoms with Gasteiger partial charge in [-0.05, 0) is 45.4 Å². The number of benzene rings is 2. The maximum absolute atomic E-state index is 14.6. The molecule has 2 aromatic heterocycles. The van der Waals surface area contributed by atoms with Crippen molar-refractivity contribution in [1.82, 2.24) is 19.7 Å². The van der Waals surface area contributed by atoms with Gasteiger partial charge in [0.25, 0.3) is 5.95 Å². The highest BCUT2D eigenvalue weighted by Crippen LogP contribution is 2.43. The first-order valence-corrected chi connectivity index (χ1v) is 11.3. The zero-order chi connectivity index (χ0) is 24.0. The largest absolute Gasteiger partial charge is 0.292 e. The van der Waals surface area contributed by atoms with Gasteiger partial charge in [-0.2, -0.15) is 9.78 Å². The molecule has 0 aliphatic carbocycles. The van der Waals surface area contributed by atoms with Crippen LogP contribution >= 0.6 is 0 Å². The molecule has 172 valence electrons.